The predicted molar refractivity (Wildman–Crippen MR) is 91.5 cm³/mol. The predicted octanol–water partition coefficient (Wildman–Crippen LogP) is 5.78. The molecule has 2 rings (SSSR count). The Kier molecular flexibility index (Phi) is 6.30. The van der Waals surface area contributed by atoms with Crippen molar-refractivity contribution in [3.63, 3.8) is 0 Å². The Hall–Kier alpha value is -3.37. The molecule has 0 heterocycles. The molecule has 2 aromatic carbocycles. The quantitative estimate of drug-likeness (QED) is 0.296. The van der Waals surface area contributed by atoms with Crippen molar-refractivity contribution in [3.05, 3.63) is 71.6 Å². The molecular formula is C18H13F6N3O2. The number of hydrogen-bond donors (Lipinski definition) is 1. The van der Waals surface area contributed by atoms with Crippen LogP contribution in [0, 0.1) is 0 Å². The van der Waals surface area contributed by atoms with Gasteiger partial charge in [0.1, 0.15) is 0 Å². The number of carbonyl (C=O) groups excluding carboxylic acids is 1. The zero-order valence-electron chi connectivity index (χ0n) is 14.7. The highest BCUT2D eigenvalue weighted by atomic mass is 19.4. The molecule has 0 radical (unpaired) electrons. The van der Waals surface area contributed by atoms with Crippen LogP contribution in [0.5, 0.6) is 0 Å². The van der Waals surface area contributed by atoms with Gasteiger partial charge in [0.2, 0.25) is 5.76 Å². The zero-order valence-corrected chi connectivity index (χ0v) is 14.7. The summed E-state index contributed by atoms with van der Waals surface area (Å²) >= 11 is 0. The van der Waals surface area contributed by atoms with Gasteiger partial charge in [0.15, 0.2) is 5.70 Å². The Morgan fingerprint density at radius 2 is 1.59 bits per heavy atom. The number of carbonyl (C=O) groups is 1. The summed E-state index contributed by atoms with van der Waals surface area (Å²) in [6.07, 6.45) is -10.0. The van der Waals surface area contributed by atoms with E-state index < -0.39 is 41.0 Å². The van der Waals surface area contributed by atoms with Gasteiger partial charge in [0, 0.05) is 12.7 Å². The van der Waals surface area contributed by atoms with Crippen LogP contribution < -0.4 is 4.90 Å². The van der Waals surface area contributed by atoms with Crippen LogP contribution in [0.4, 0.5) is 37.7 Å². The number of likely N-dealkylation sites (N-methyl/N-ethyl adjacent to an activating group) is 1. The number of amides is 1. The van der Waals surface area contributed by atoms with Crippen molar-refractivity contribution in [3.8, 4) is 0 Å². The maximum atomic E-state index is 12.9. The van der Waals surface area contributed by atoms with Gasteiger partial charge < -0.3 is 10.0 Å². The van der Waals surface area contributed by atoms with Crippen molar-refractivity contribution in [2.75, 3.05) is 11.9 Å². The second kappa shape index (κ2) is 8.33. The van der Waals surface area contributed by atoms with E-state index in [2.05, 4.69) is 10.2 Å². The maximum Gasteiger partial charge on any atom is 0.451 e. The third-order valence-electron chi connectivity index (χ3n) is 3.58. The Bertz CT molecular complexity index is 937. The van der Waals surface area contributed by atoms with Crippen molar-refractivity contribution < 1.29 is 36.2 Å². The van der Waals surface area contributed by atoms with Crippen molar-refractivity contribution in [1.82, 2.24) is 0 Å². The monoisotopic (exact) mass is 417 g/mol. The maximum absolute atomic E-state index is 12.9. The van der Waals surface area contributed by atoms with Crippen molar-refractivity contribution >= 4 is 17.3 Å². The molecule has 5 nitrogen and oxygen atoms in total. The largest absolute Gasteiger partial charge is 0.503 e. The van der Waals surface area contributed by atoms with E-state index in [4.69, 9.17) is 0 Å². The number of rotatable bonds is 4. The summed E-state index contributed by atoms with van der Waals surface area (Å²) < 4.78 is 77.1. The molecule has 0 aliphatic rings. The van der Waals surface area contributed by atoms with Crippen molar-refractivity contribution in [1.29, 1.82) is 0 Å². The van der Waals surface area contributed by atoms with Gasteiger partial charge in [-0.3, -0.25) is 4.79 Å². The number of azo groups is 1. The summed E-state index contributed by atoms with van der Waals surface area (Å²) in [4.78, 5) is 13.2. The minimum atomic E-state index is -5.32. The van der Waals surface area contributed by atoms with Gasteiger partial charge in [-0.05, 0) is 30.3 Å². The van der Waals surface area contributed by atoms with E-state index in [1.807, 2.05) is 0 Å². The Labute approximate surface area is 160 Å². The third-order valence-corrected chi connectivity index (χ3v) is 3.58. The van der Waals surface area contributed by atoms with Gasteiger partial charge in [-0.1, -0.05) is 24.3 Å². The highest BCUT2D eigenvalue weighted by molar-refractivity contribution is 6.05. The molecule has 0 aromatic heterocycles. The SMILES string of the molecule is CN(C(=O)/C(N=Nc1cccc(C(F)(F)F)c1)=C(\O)C(F)(F)F)c1ccccc1. The molecule has 0 atom stereocenters. The molecule has 2 aromatic rings. The van der Waals surface area contributed by atoms with Gasteiger partial charge in [0.05, 0.1) is 11.3 Å². The molecule has 1 amide bonds. The first-order valence-corrected chi connectivity index (χ1v) is 7.84. The smallest absolute Gasteiger partial charge is 0.451 e. The molecule has 0 bridgehead atoms. The summed E-state index contributed by atoms with van der Waals surface area (Å²) in [5.74, 6) is -3.68. The lowest BCUT2D eigenvalue weighted by Crippen LogP contribution is -2.30. The van der Waals surface area contributed by atoms with Crippen LogP contribution in [0.2, 0.25) is 0 Å². The van der Waals surface area contributed by atoms with E-state index >= 15 is 0 Å². The topological polar surface area (TPSA) is 65.3 Å². The highest BCUT2D eigenvalue weighted by Crippen LogP contribution is 2.32. The fourth-order valence-electron chi connectivity index (χ4n) is 2.11. The Morgan fingerprint density at radius 3 is 2.14 bits per heavy atom. The van der Waals surface area contributed by atoms with Crippen LogP contribution in [0.3, 0.4) is 0 Å². The first-order chi connectivity index (χ1) is 13.4. The molecular weight excluding hydrogens is 404 g/mol. The fraction of sp³-hybridized carbons (Fsp3) is 0.167. The van der Waals surface area contributed by atoms with Crippen LogP contribution in [-0.2, 0) is 11.0 Å². The highest BCUT2D eigenvalue weighted by Gasteiger charge is 2.40. The Morgan fingerprint density at radius 1 is 0.966 bits per heavy atom. The summed E-state index contributed by atoms with van der Waals surface area (Å²) in [5, 5.41) is 15.8. The number of aliphatic hydroxyl groups is 1. The average molecular weight is 417 g/mol. The van der Waals surface area contributed by atoms with Crippen LogP contribution in [0.15, 0.2) is 76.3 Å². The van der Waals surface area contributed by atoms with Crippen LogP contribution >= 0.6 is 0 Å². The second-order valence-electron chi connectivity index (χ2n) is 5.64. The van der Waals surface area contributed by atoms with Crippen LogP contribution in [-0.4, -0.2) is 24.2 Å². The molecule has 0 fully saturated rings. The van der Waals surface area contributed by atoms with E-state index in [9.17, 15) is 36.2 Å². The third kappa shape index (κ3) is 5.56. The van der Waals surface area contributed by atoms with Crippen LogP contribution in [0.25, 0.3) is 0 Å². The fourth-order valence-corrected chi connectivity index (χ4v) is 2.11. The molecule has 0 aliphatic heterocycles. The number of hydrogen-bond acceptors (Lipinski definition) is 4. The lowest BCUT2D eigenvalue weighted by atomic mass is 10.2. The van der Waals surface area contributed by atoms with Gasteiger partial charge in [-0.15, -0.1) is 5.11 Å². The molecule has 1 N–H and O–H groups in total. The van der Waals surface area contributed by atoms with Gasteiger partial charge >= 0.3 is 12.4 Å². The number of aliphatic hydroxyl groups excluding tert-OH is 1. The number of allylic oxidation sites excluding steroid dienone is 1. The number of anilines is 1. The molecule has 0 unspecified atom stereocenters. The summed E-state index contributed by atoms with van der Waals surface area (Å²) in [6, 6.07) is 10.8. The summed E-state index contributed by atoms with van der Waals surface area (Å²) in [7, 11) is 1.14. The first kappa shape index (κ1) is 21.9. The number of nitrogens with zero attached hydrogens (tertiary/aromatic N) is 3. The van der Waals surface area contributed by atoms with E-state index in [1.165, 1.54) is 24.3 Å². The first-order valence-electron chi connectivity index (χ1n) is 7.84. The van der Waals surface area contributed by atoms with Gasteiger partial charge in [0.25, 0.3) is 5.91 Å². The van der Waals surface area contributed by atoms with Crippen molar-refractivity contribution in [2.24, 2.45) is 10.2 Å². The van der Waals surface area contributed by atoms with E-state index in [1.54, 1.807) is 6.07 Å². The molecule has 154 valence electrons. The lowest BCUT2D eigenvalue weighted by Gasteiger charge is -2.18. The van der Waals surface area contributed by atoms with Gasteiger partial charge in [-0.2, -0.15) is 31.5 Å². The minimum Gasteiger partial charge on any atom is -0.503 e. The summed E-state index contributed by atoms with van der Waals surface area (Å²) in [6.45, 7) is 0. The zero-order chi connectivity index (χ0) is 21.8. The second-order valence-corrected chi connectivity index (χ2v) is 5.64. The minimum absolute atomic E-state index is 0.194. The molecule has 0 saturated carbocycles. The molecule has 29 heavy (non-hydrogen) atoms. The molecule has 0 spiro atoms. The standard InChI is InChI=1S/C18H13F6N3O2/c1-27(13-8-3-2-4-9-13)16(29)14(15(28)18(22,23)24)26-25-12-7-5-6-11(10-12)17(19,20)21/h2-10,28H,1H3/b15-14+,26-25?. The number of para-hydroxylation sites is 1. The average Bonchev–Trinajstić information content (AvgIpc) is 2.66. The lowest BCUT2D eigenvalue weighted by molar-refractivity contribution is -0.137. The summed E-state index contributed by atoms with van der Waals surface area (Å²) in [5.41, 5.74) is -2.84. The number of alkyl halides is 6. The van der Waals surface area contributed by atoms with E-state index in [0.717, 1.165) is 30.1 Å². The number of halogens is 6. The van der Waals surface area contributed by atoms with E-state index in [-0.39, 0.29) is 5.69 Å². The number of benzene rings is 2. The van der Waals surface area contributed by atoms with Crippen LogP contribution in [0.1, 0.15) is 5.56 Å². The normalized spacial score (nSPS) is 13.3. The Balaban J connectivity index is 2.46. The molecule has 11 heteroatoms. The van der Waals surface area contributed by atoms with E-state index in [0.29, 0.717) is 6.07 Å². The molecule has 0 saturated heterocycles. The van der Waals surface area contributed by atoms with Crippen molar-refractivity contribution in [2.45, 2.75) is 12.4 Å². The molecule has 0 aliphatic carbocycles. The van der Waals surface area contributed by atoms with Gasteiger partial charge in [-0.25, -0.2) is 0 Å².